The van der Waals surface area contributed by atoms with E-state index < -0.39 is 5.97 Å². The van der Waals surface area contributed by atoms with Crippen molar-refractivity contribution in [1.82, 2.24) is 9.97 Å². The molecule has 0 amide bonds. The molecule has 0 aliphatic carbocycles. The van der Waals surface area contributed by atoms with Gasteiger partial charge in [-0.25, -0.2) is 14.8 Å². The Kier molecular flexibility index (Phi) is 3.52. The smallest absolute Gasteiger partial charge is 0.335 e. The Morgan fingerprint density at radius 1 is 1.33 bits per heavy atom. The molecule has 0 saturated carbocycles. The highest BCUT2D eigenvalue weighted by atomic mass is 16.4. The highest BCUT2D eigenvalue weighted by Gasteiger charge is 2.05. The molecule has 1 heterocycles. The van der Waals surface area contributed by atoms with Gasteiger partial charge in [-0.05, 0) is 24.6 Å². The molecule has 0 aliphatic rings. The number of aromatic carboxylic acids is 1. The van der Waals surface area contributed by atoms with Gasteiger partial charge in [0.2, 0.25) is 0 Å². The molecular weight excluding hydrogens is 230 g/mol. The van der Waals surface area contributed by atoms with E-state index >= 15 is 0 Å². The fourth-order valence-corrected chi connectivity index (χ4v) is 1.56. The van der Waals surface area contributed by atoms with Crippen molar-refractivity contribution in [3.05, 3.63) is 53.6 Å². The van der Waals surface area contributed by atoms with Crippen LogP contribution >= 0.6 is 0 Å². The van der Waals surface area contributed by atoms with Crippen LogP contribution in [0.4, 0.5) is 5.69 Å². The summed E-state index contributed by atoms with van der Waals surface area (Å²) >= 11 is 0. The number of anilines is 1. The van der Waals surface area contributed by atoms with Gasteiger partial charge in [0.25, 0.3) is 0 Å². The minimum Gasteiger partial charge on any atom is -0.478 e. The number of nitrogens with zero attached hydrogens (tertiary/aromatic N) is 2. The van der Waals surface area contributed by atoms with E-state index in [0.717, 1.165) is 16.8 Å². The van der Waals surface area contributed by atoms with E-state index in [1.807, 2.05) is 6.92 Å². The van der Waals surface area contributed by atoms with Crippen LogP contribution in [0.2, 0.25) is 0 Å². The Hall–Kier alpha value is -2.43. The number of hydrogen-bond donors (Lipinski definition) is 2. The molecule has 2 rings (SSSR count). The van der Waals surface area contributed by atoms with Gasteiger partial charge in [-0.3, -0.25) is 0 Å². The van der Waals surface area contributed by atoms with Crippen LogP contribution in [0, 0.1) is 6.92 Å². The largest absolute Gasteiger partial charge is 0.478 e. The predicted molar refractivity (Wildman–Crippen MR) is 67.5 cm³/mol. The van der Waals surface area contributed by atoms with Crippen molar-refractivity contribution in [2.75, 3.05) is 5.32 Å². The van der Waals surface area contributed by atoms with Gasteiger partial charge in [0.1, 0.15) is 6.33 Å². The summed E-state index contributed by atoms with van der Waals surface area (Å²) in [5.41, 5.74) is 3.01. The zero-order valence-electron chi connectivity index (χ0n) is 9.92. The number of carboxylic acid groups (broad SMARTS) is 1. The van der Waals surface area contributed by atoms with Gasteiger partial charge in [-0.2, -0.15) is 0 Å². The molecule has 5 nitrogen and oxygen atoms in total. The molecule has 1 aromatic heterocycles. The number of aryl methyl sites for hydroxylation is 1. The Bertz CT molecular complexity index is 555. The van der Waals surface area contributed by atoms with E-state index in [2.05, 4.69) is 15.3 Å². The Morgan fingerprint density at radius 3 is 2.72 bits per heavy atom. The van der Waals surface area contributed by atoms with E-state index in [9.17, 15) is 4.79 Å². The zero-order valence-corrected chi connectivity index (χ0v) is 9.92. The second kappa shape index (κ2) is 5.27. The lowest BCUT2D eigenvalue weighted by Gasteiger charge is -2.10. The van der Waals surface area contributed by atoms with Gasteiger partial charge in [0, 0.05) is 30.2 Å². The maximum absolute atomic E-state index is 10.9. The van der Waals surface area contributed by atoms with Crippen LogP contribution in [0.5, 0.6) is 0 Å². The molecule has 1 aromatic carbocycles. The standard InChI is InChI=1S/C13H13N3O2/c1-9-2-3-11(13(17)18)4-12(9)16-7-10-5-14-8-15-6-10/h2-6,8,16H,7H2,1H3,(H,17,18). The second-order valence-corrected chi connectivity index (χ2v) is 3.94. The van der Waals surface area contributed by atoms with Crippen LogP contribution in [-0.4, -0.2) is 21.0 Å². The van der Waals surface area contributed by atoms with Crippen molar-refractivity contribution in [1.29, 1.82) is 0 Å². The monoisotopic (exact) mass is 243 g/mol. The topological polar surface area (TPSA) is 75.1 Å². The van der Waals surface area contributed by atoms with Crippen molar-refractivity contribution in [3.8, 4) is 0 Å². The SMILES string of the molecule is Cc1ccc(C(=O)O)cc1NCc1cncnc1. The number of benzene rings is 1. The van der Waals surface area contributed by atoms with Gasteiger partial charge in [-0.15, -0.1) is 0 Å². The number of hydrogen-bond acceptors (Lipinski definition) is 4. The first-order valence-electron chi connectivity index (χ1n) is 5.48. The molecular formula is C13H13N3O2. The number of nitrogens with one attached hydrogen (secondary N) is 1. The zero-order chi connectivity index (χ0) is 13.0. The van der Waals surface area contributed by atoms with Gasteiger partial charge in [0.15, 0.2) is 0 Å². The fourth-order valence-electron chi connectivity index (χ4n) is 1.56. The van der Waals surface area contributed by atoms with E-state index in [1.165, 1.54) is 6.33 Å². The summed E-state index contributed by atoms with van der Waals surface area (Å²) in [6.07, 6.45) is 4.91. The average molecular weight is 243 g/mol. The van der Waals surface area contributed by atoms with Crippen LogP contribution in [0.15, 0.2) is 36.9 Å². The molecule has 2 aromatic rings. The maximum atomic E-state index is 10.9. The van der Waals surface area contributed by atoms with Crippen LogP contribution in [0.25, 0.3) is 0 Å². The van der Waals surface area contributed by atoms with Crippen molar-refractivity contribution < 1.29 is 9.90 Å². The third-order valence-electron chi connectivity index (χ3n) is 2.58. The van der Waals surface area contributed by atoms with Crippen molar-refractivity contribution in [2.24, 2.45) is 0 Å². The van der Waals surface area contributed by atoms with Gasteiger partial charge >= 0.3 is 5.97 Å². The summed E-state index contributed by atoms with van der Waals surface area (Å²) in [5.74, 6) is -0.930. The highest BCUT2D eigenvalue weighted by Crippen LogP contribution is 2.17. The van der Waals surface area contributed by atoms with Gasteiger partial charge in [-0.1, -0.05) is 6.07 Å². The fraction of sp³-hybridized carbons (Fsp3) is 0.154. The summed E-state index contributed by atoms with van der Waals surface area (Å²) in [5, 5.41) is 12.1. The van der Waals surface area contributed by atoms with Gasteiger partial charge in [0.05, 0.1) is 5.56 Å². The van der Waals surface area contributed by atoms with Crippen molar-refractivity contribution in [3.63, 3.8) is 0 Å². The third-order valence-corrected chi connectivity index (χ3v) is 2.58. The van der Waals surface area contributed by atoms with E-state index in [0.29, 0.717) is 6.54 Å². The molecule has 0 aliphatic heterocycles. The summed E-state index contributed by atoms with van der Waals surface area (Å²) in [4.78, 5) is 18.7. The quantitative estimate of drug-likeness (QED) is 0.860. The highest BCUT2D eigenvalue weighted by molar-refractivity contribution is 5.89. The van der Waals surface area contributed by atoms with Gasteiger partial charge < -0.3 is 10.4 Å². The molecule has 0 atom stereocenters. The third kappa shape index (κ3) is 2.82. The molecule has 0 radical (unpaired) electrons. The molecule has 0 spiro atoms. The lowest BCUT2D eigenvalue weighted by Crippen LogP contribution is -2.04. The summed E-state index contributed by atoms with van der Waals surface area (Å²) in [7, 11) is 0. The van der Waals surface area contributed by atoms with E-state index in [-0.39, 0.29) is 5.56 Å². The number of carboxylic acids is 1. The average Bonchev–Trinajstić information content (AvgIpc) is 2.38. The summed E-state index contributed by atoms with van der Waals surface area (Å²) < 4.78 is 0. The minimum atomic E-state index is -0.930. The molecule has 92 valence electrons. The van der Waals surface area contributed by atoms with Crippen LogP contribution in [0.3, 0.4) is 0 Å². The Labute approximate surface area is 105 Å². The lowest BCUT2D eigenvalue weighted by atomic mass is 10.1. The van der Waals surface area contributed by atoms with E-state index in [4.69, 9.17) is 5.11 Å². The predicted octanol–water partition coefficient (Wildman–Crippen LogP) is 2.10. The molecule has 0 fully saturated rings. The molecule has 5 heteroatoms. The molecule has 2 N–H and O–H groups in total. The van der Waals surface area contributed by atoms with Crippen LogP contribution < -0.4 is 5.32 Å². The molecule has 0 saturated heterocycles. The van der Waals surface area contributed by atoms with E-state index in [1.54, 1.807) is 30.6 Å². The molecule has 0 unspecified atom stereocenters. The van der Waals surface area contributed by atoms with Crippen LogP contribution in [0.1, 0.15) is 21.5 Å². The maximum Gasteiger partial charge on any atom is 0.335 e. The lowest BCUT2D eigenvalue weighted by molar-refractivity contribution is 0.0697. The van der Waals surface area contributed by atoms with Crippen molar-refractivity contribution >= 4 is 11.7 Å². The normalized spacial score (nSPS) is 10.1. The second-order valence-electron chi connectivity index (χ2n) is 3.94. The first-order valence-corrected chi connectivity index (χ1v) is 5.48. The summed E-state index contributed by atoms with van der Waals surface area (Å²) in [6.45, 7) is 2.49. The Morgan fingerprint density at radius 2 is 2.06 bits per heavy atom. The number of carbonyl (C=O) groups is 1. The first-order chi connectivity index (χ1) is 8.66. The van der Waals surface area contributed by atoms with Crippen molar-refractivity contribution in [2.45, 2.75) is 13.5 Å². The number of rotatable bonds is 4. The summed E-state index contributed by atoms with van der Waals surface area (Å²) in [6, 6.07) is 5.00. The number of aromatic nitrogens is 2. The molecule has 18 heavy (non-hydrogen) atoms. The Balaban J connectivity index is 2.14. The van der Waals surface area contributed by atoms with Crippen LogP contribution in [-0.2, 0) is 6.54 Å². The molecule has 0 bridgehead atoms. The first kappa shape index (κ1) is 12.0. The minimum absolute atomic E-state index is 0.271.